The first-order valence-electron chi connectivity index (χ1n) is 12.0. The standard InChI is InChI=1S/C25H30N6O/c32-23-20-14-18-15-27-24(29-19-10-7-13-26-21(19)17-8-3-1-4-9-17)30-22(18)31(20)25(16-28-23)11-5-2-6-12-25/h1,3-4,8-9,14-15,19,21,26H,2,5-7,10-13,16H2,(H,28,32)(H,27,29,30). The smallest absolute Gasteiger partial charge is 0.268 e. The van der Waals surface area contributed by atoms with E-state index in [1.165, 1.54) is 24.8 Å². The molecule has 3 aromatic rings. The highest BCUT2D eigenvalue weighted by atomic mass is 16.2. The molecule has 2 fully saturated rings. The molecule has 4 heterocycles. The summed E-state index contributed by atoms with van der Waals surface area (Å²) in [6, 6.07) is 13.0. The van der Waals surface area contributed by atoms with E-state index in [4.69, 9.17) is 4.98 Å². The van der Waals surface area contributed by atoms with Gasteiger partial charge in [-0.3, -0.25) is 4.79 Å². The zero-order valence-electron chi connectivity index (χ0n) is 18.3. The first-order chi connectivity index (χ1) is 15.7. The van der Waals surface area contributed by atoms with Crippen LogP contribution in [0.15, 0.2) is 42.6 Å². The Morgan fingerprint density at radius 1 is 1.09 bits per heavy atom. The van der Waals surface area contributed by atoms with Crippen molar-refractivity contribution in [3.05, 3.63) is 53.9 Å². The topological polar surface area (TPSA) is 83.9 Å². The summed E-state index contributed by atoms with van der Waals surface area (Å²) in [6.45, 7) is 1.71. The van der Waals surface area contributed by atoms with Crippen molar-refractivity contribution in [3.8, 4) is 0 Å². The summed E-state index contributed by atoms with van der Waals surface area (Å²) >= 11 is 0. The van der Waals surface area contributed by atoms with E-state index in [1.807, 2.05) is 12.3 Å². The van der Waals surface area contributed by atoms with Crippen LogP contribution in [0.4, 0.5) is 5.95 Å². The molecule has 1 saturated heterocycles. The molecule has 7 heteroatoms. The first kappa shape index (κ1) is 19.7. The van der Waals surface area contributed by atoms with Crippen LogP contribution < -0.4 is 16.0 Å². The molecular weight excluding hydrogens is 400 g/mol. The number of benzene rings is 1. The fourth-order valence-corrected chi connectivity index (χ4v) is 5.95. The molecule has 2 unspecified atom stereocenters. The molecule has 2 aliphatic heterocycles. The molecule has 0 radical (unpaired) electrons. The van der Waals surface area contributed by atoms with Gasteiger partial charge in [-0.05, 0) is 43.9 Å². The van der Waals surface area contributed by atoms with Gasteiger partial charge in [0.25, 0.3) is 5.91 Å². The number of aromatic nitrogens is 3. The summed E-state index contributed by atoms with van der Waals surface area (Å²) in [5.74, 6) is 0.638. The van der Waals surface area contributed by atoms with Gasteiger partial charge < -0.3 is 20.5 Å². The van der Waals surface area contributed by atoms with Crippen LogP contribution >= 0.6 is 0 Å². The van der Waals surface area contributed by atoms with Gasteiger partial charge in [-0.1, -0.05) is 49.6 Å². The summed E-state index contributed by atoms with van der Waals surface area (Å²) in [6.07, 6.45) is 9.86. The Balaban J connectivity index is 1.37. The van der Waals surface area contributed by atoms with Crippen molar-refractivity contribution >= 4 is 22.9 Å². The van der Waals surface area contributed by atoms with E-state index in [0.717, 1.165) is 49.0 Å². The second-order valence-electron chi connectivity index (χ2n) is 9.54. The van der Waals surface area contributed by atoms with Gasteiger partial charge in [0.15, 0.2) is 0 Å². The van der Waals surface area contributed by atoms with Gasteiger partial charge in [0, 0.05) is 24.2 Å². The van der Waals surface area contributed by atoms with Crippen LogP contribution in [0.1, 0.15) is 67.0 Å². The van der Waals surface area contributed by atoms with Crippen molar-refractivity contribution < 1.29 is 4.79 Å². The van der Waals surface area contributed by atoms with E-state index in [2.05, 4.69) is 55.8 Å². The third-order valence-electron chi connectivity index (χ3n) is 7.54. The van der Waals surface area contributed by atoms with Crippen LogP contribution in [0.25, 0.3) is 11.0 Å². The lowest BCUT2D eigenvalue weighted by atomic mass is 9.80. The van der Waals surface area contributed by atoms with Gasteiger partial charge in [-0.25, -0.2) is 4.98 Å². The molecule has 3 aliphatic rings. The maximum atomic E-state index is 12.7. The third kappa shape index (κ3) is 3.26. The van der Waals surface area contributed by atoms with Crippen molar-refractivity contribution in [1.82, 2.24) is 25.2 Å². The van der Waals surface area contributed by atoms with Gasteiger partial charge in [-0.15, -0.1) is 0 Å². The average Bonchev–Trinajstić information content (AvgIpc) is 3.24. The molecule has 0 bridgehead atoms. The summed E-state index contributed by atoms with van der Waals surface area (Å²) in [7, 11) is 0. The number of fused-ring (bicyclic) bond motifs is 4. The van der Waals surface area contributed by atoms with Crippen LogP contribution in [-0.2, 0) is 5.54 Å². The minimum atomic E-state index is -0.0617. The van der Waals surface area contributed by atoms with Crippen LogP contribution in [0, 0.1) is 0 Å². The Morgan fingerprint density at radius 2 is 1.94 bits per heavy atom. The monoisotopic (exact) mass is 430 g/mol. The predicted octanol–water partition coefficient (Wildman–Crippen LogP) is 3.74. The molecule has 2 aromatic heterocycles. The summed E-state index contributed by atoms with van der Waals surface area (Å²) < 4.78 is 2.24. The molecule has 1 amide bonds. The fourth-order valence-electron chi connectivity index (χ4n) is 5.95. The molecule has 1 saturated carbocycles. The van der Waals surface area contributed by atoms with Crippen molar-refractivity contribution in [2.24, 2.45) is 0 Å². The molecule has 1 aromatic carbocycles. The van der Waals surface area contributed by atoms with Crippen LogP contribution in [0.2, 0.25) is 0 Å². The van der Waals surface area contributed by atoms with Crippen molar-refractivity contribution in [3.63, 3.8) is 0 Å². The van der Waals surface area contributed by atoms with Gasteiger partial charge in [0.1, 0.15) is 11.3 Å². The Morgan fingerprint density at radius 3 is 2.78 bits per heavy atom. The second kappa shape index (κ2) is 7.89. The van der Waals surface area contributed by atoms with Gasteiger partial charge in [0.2, 0.25) is 5.95 Å². The summed E-state index contributed by atoms with van der Waals surface area (Å²) in [5.41, 5.74) is 2.83. The number of piperidine rings is 1. The molecule has 6 rings (SSSR count). The van der Waals surface area contributed by atoms with Gasteiger partial charge in [0.05, 0.1) is 11.6 Å². The number of anilines is 1. The quantitative estimate of drug-likeness (QED) is 0.590. The number of hydrogen-bond acceptors (Lipinski definition) is 5. The zero-order valence-corrected chi connectivity index (χ0v) is 18.3. The first-order valence-corrected chi connectivity index (χ1v) is 12.0. The van der Waals surface area contributed by atoms with E-state index >= 15 is 0 Å². The SMILES string of the molecule is O=C1NCC2(CCCCC2)n2c1cc1cnc(NC3CCCNC3c3ccccc3)nc12. The molecule has 7 nitrogen and oxygen atoms in total. The average molecular weight is 431 g/mol. The highest BCUT2D eigenvalue weighted by molar-refractivity contribution is 5.99. The lowest BCUT2D eigenvalue weighted by Crippen LogP contribution is -2.52. The van der Waals surface area contributed by atoms with E-state index in [-0.39, 0.29) is 23.5 Å². The number of carbonyl (C=O) groups excluding carboxylic acids is 1. The molecule has 1 spiro atoms. The number of hydrogen-bond donors (Lipinski definition) is 3. The van der Waals surface area contributed by atoms with Gasteiger partial charge >= 0.3 is 0 Å². The third-order valence-corrected chi connectivity index (χ3v) is 7.54. The highest BCUT2D eigenvalue weighted by Crippen LogP contribution is 2.40. The Bertz CT molecular complexity index is 1130. The predicted molar refractivity (Wildman–Crippen MR) is 125 cm³/mol. The molecule has 32 heavy (non-hydrogen) atoms. The Labute approximate surface area is 188 Å². The number of nitrogens with zero attached hydrogens (tertiary/aromatic N) is 3. The van der Waals surface area contributed by atoms with E-state index in [1.54, 1.807) is 0 Å². The van der Waals surface area contributed by atoms with Crippen LogP contribution in [-0.4, -0.2) is 39.6 Å². The van der Waals surface area contributed by atoms with Crippen LogP contribution in [0.5, 0.6) is 0 Å². The normalized spacial score (nSPS) is 24.8. The van der Waals surface area contributed by atoms with Crippen molar-refractivity contribution in [2.75, 3.05) is 18.4 Å². The molecule has 1 aliphatic carbocycles. The van der Waals surface area contributed by atoms with E-state index in [9.17, 15) is 4.79 Å². The lowest BCUT2D eigenvalue weighted by molar-refractivity contribution is 0.0833. The molecule has 3 N–H and O–H groups in total. The maximum absolute atomic E-state index is 12.7. The molecular formula is C25H30N6O. The number of rotatable bonds is 3. The fraction of sp³-hybridized carbons (Fsp3) is 0.480. The van der Waals surface area contributed by atoms with E-state index in [0.29, 0.717) is 12.5 Å². The van der Waals surface area contributed by atoms with Crippen molar-refractivity contribution in [2.45, 2.75) is 62.6 Å². The zero-order chi connectivity index (χ0) is 21.5. The molecule has 2 atom stereocenters. The van der Waals surface area contributed by atoms with Crippen LogP contribution in [0.3, 0.4) is 0 Å². The lowest BCUT2D eigenvalue weighted by Gasteiger charge is -2.43. The minimum absolute atomic E-state index is 0.00525. The largest absolute Gasteiger partial charge is 0.350 e. The minimum Gasteiger partial charge on any atom is -0.350 e. The highest BCUT2D eigenvalue weighted by Gasteiger charge is 2.41. The second-order valence-corrected chi connectivity index (χ2v) is 9.54. The van der Waals surface area contributed by atoms with Gasteiger partial charge in [-0.2, -0.15) is 4.98 Å². The summed E-state index contributed by atoms with van der Waals surface area (Å²) in [4.78, 5) is 22.3. The Hall–Kier alpha value is -2.93. The van der Waals surface area contributed by atoms with E-state index < -0.39 is 0 Å². The maximum Gasteiger partial charge on any atom is 0.268 e. The van der Waals surface area contributed by atoms with Crippen molar-refractivity contribution in [1.29, 1.82) is 0 Å². The molecule has 166 valence electrons. The summed E-state index contributed by atoms with van der Waals surface area (Å²) in [5, 5.41) is 11.4. The number of amides is 1. The number of nitrogens with one attached hydrogen (secondary N) is 3. The number of carbonyl (C=O) groups is 1. The Kier molecular flexibility index (Phi) is 4.86.